The van der Waals surface area contributed by atoms with Gasteiger partial charge in [0.2, 0.25) is 0 Å². The van der Waals surface area contributed by atoms with Gasteiger partial charge in [0.05, 0.1) is 29.9 Å². The van der Waals surface area contributed by atoms with E-state index in [0.29, 0.717) is 6.61 Å². The van der Waals surface area contributed by atoms with Crippen LogP contribution in [0.1, 0.15) is 18.4 Å². The molecule has 2 aliphatic heterocycles. The molecular formula is C19H21N3O. The van der Waals surface area contributed by atoms with E-state index >= 15 is 0 Å². The number of fused-ring (bicyclic) bond motifs is 2. The molecule has 118 valence electrons. The van der Waals surface area contributed by atoms with E-state index in [2.05, 4.69) is 65.8 Å². The highest BCUT2D eigenvalue weighted by atomic mass is 16.5. The number of hydrogen-bond donors (Lipinski definition) is 1. The fourth-order valence-electron chi connectivity index (χ4n) is 3.67. The highest BCUT2D eigenvalue weighted by Gasteiger charge is 2.46. The number of likely N-dealkylation sites (N-methyl/N-ethyl adjacent to an activating group) is 1. The van der Waals surface area contributed by atoms with Gasteiger partial charge < -0.3 is 15.0 Å². The van der Waals surface area contributed by atoms with Gasteiger partial charge in [-0.25, -0.2) is 4.99 Å². The Morgan fingerprint density at radius 1 is 1.09 bits per heavy atom. The van der Waals surface area contributed by atoms with E-state index in [0.717, 1.165) is 11.6 Å². The minimum Gasteiger partial charge on any atom is -0.481 e. The summed E-state index contributed by atoms with van der Waals surface area (Å²) in [5.41, 5.74) is 3.59. The Balaban J connectivity index is 1.78. The van der Waals surface area contributed by atoms with Gasteiger partial charge >= 0.3 is 0 Å². The van der Waals surface area contributed by atoms with Crippen LogP contribution in [0, 0.1) is 0 Å². The monoisotopic (exact) mass is 307 g/mol. The standard InChI is InChI=1S/C19H21N3O/c1-3-23-19-16(13-9-5-4-6-10-13)17-18(21-19)20-14-11-7-8-12-15(14)22(17)2/h4-12,16-18,20H,3H2,1-2H3. The topological polar surface area (TPSA) is 36.9 Å². The van der Waals surface area contributed by atoms with Crippen molar-refractivity contribution >= 4 is 17.3 Å². The van der Waals surface area contributed by atoms with Crippen molar-refractivity contribution in [1.29, 1.82) is 0 Å². The normalized spacial score (nSPS) is 25.2. The van der Waals surface area contributed by atoms with Crippen LogP contribution >= 0.6 is 0 Å². The number of hydrogen-bond acceptors (Lipinski definition) is 4. The van der Waals surface area contributed by atoms with Crippen molar-refractivity contribution in [2.24, 2.45) is 4.99 Å². The Labute approximate surface area is 136 Å². The zero-order valence-electron chi connectivity index (χ0n) is 13.4. The second-order valence-electron chi connectivity index (χ2n) is 6.00. The summed E-state index contributed by atoms with van der Waals surface area (Å²) in [5, 5.41) is 3.57. The maximum Gasteiger partial charge on any atom is 0.195 e. The molecule has 0 fully saturated rings. The van der Waals surface area contributed by atoms with Gasteiger partial charge in [0.1, 0.15) is 6.17 Å². The molecule has 2 aliphatic rings. The van der Waals surface area contributed by atoms with Crippen LogP contribution in [-0.4, -0.2) is 31.8 Å². The fraction of sp³-hybridized carbons (Fsp3) is 0.316. The SMILES string of the molecule is CCOC1=NC2Nc3ccccc3N(C)C2C1c1ccccc1. The average Bonchev–Trinajstić information content (AvgIpc) is 2.94. The number of benzene rings is 2. The van der Waals surface area contributed by atoms with E-state index < -0.39 is 0 Å². The number of aliphatic imine (C=N–C) groups is 1. The van der Waals surface area contributed by atoms with E-state index in [1.165, 1.54) is 11.3 Å². The van der Waals surface area contributed by atoms with Crippen molar-refractivity contribution in [3.63, 3.8) is 0 Å². The van der Waals surface area contributed by atoms with Crippen molar-refractivity contribution in [2.75, 3.05) is 23.9 Å². The van der Waals surface area contributed by atoms with Gasteiger partial charge in [-0.05, 0) is 24.6 Å². The van der Waals surface area contributed by atoms with Gasteiger partial charge in [-0.3, -0.25) is 0 Å². The molecule has 0 saturated carbocycles. The molecule has 4 rings (SSSR count). The second kappa shape index (κ2) is 5.61. The van der Waals surface area contributed by atoms with Gasteiger partial charge in [-0.2, -0.15) is 0 Å². The van der Waals surface area contributed by atoms with Crippen LogP contribution in [0.3, 0.4) is 0 Å². The molecule has 0 bridgehead atoms. The summed E-state index contributed by atoms with van der Waals surface area (Å²) in [7, 11) is 2.15. The Bertz CT molecular complexity index is 728. The van der Waals surface area contributed by atoms with Gasteiger partial charge in [0.25, 0.3) is 0 Å². The number of para-hydroxylation sites is 2. The zero-order valence-corrected chi connectivity index (χ0v) is 13.4. The molecule has 0 spiro atoms. The lowest BCUT2D eigenvalue weighted by Crippen LogP contribution is -2.49. The van der Waals surface area contributed by atoms with E-state index in [-0.39, 0.29) is 18.1 Å². The lowest BCUT2D eigenvalue weighted by atomic mass is 9.89. The molecule has 0 aliphatic carbocycles. The lowest BCUT2D eigenvalue weighted by molar-refractivity contribution is 0.313. The predicted octanol–water partition coefficient (Wildman–Crippen LogP) is 3.48. The van der Waals surface area contributed by atoms with Gasteiger partial charge in [-0.1, -0.05) is 42.5 Å². The van der Waals surface area contributed by atoms with Gasteiger partial charge in [-0.15, -0.1) is 0 Å². The molecule has 1 N–H and O–H groups in total. The molecule has 0 saturated heterocycles. The summed E-state index contributed by atoms with van der Waals surface area (Å²) in [6.45, 7) is 2.65. The van der Waals surface area contributed by atoms with E-state index in [4.69, 9.17) is 9.73 Å². The first-order valence-corrected chi connectivity index (χ1v) is 8.13. The molecule has 2 aromatic rings. The van der Waals surface area contributed by atoms with Crippen molar-refractivity contribution in [3.05, 3.63) is 60.2 Å². The number of ether oxygens (including phenoxy) is 1. The first kappa shape index (κ1) is 14.1. The smallest absolute Gasteiger partial charge is 0.195 e. The molecule has 0 amide bonds. The third-order valence-electron chi connectivity index (χ3n) is 4.68. The third-order valence-corrected chi connectivity index (χ3v) is 4.68. The largest absolute Gasteiger partial charge is 0.481 e. The average molecular weight is 307 g/mol. The molecule has 2 heterocycles. The quantitative estimate of drug-likeness (QED) is 0.923. The molecule has 0 radical (unpaired) electrons. The summed E-state index contributed by atoms with van der Waals surface area (Å²) in [6, 6.07) is 19.1. The van der Waals surface area contributed by atoms with Gasteiger partial charge in [0.15, 0.2) is 5.90 Å². The van der Waals surface area contributed by atoms with Crippen LogP contribution in [0.2, 0.25) is 0 Å². The first-order valence-electron chi connectivity index (χ1n) is 8.13. The van der Waals surface area contributed by atoms with E-state index in [1.807, 2.05) is 13.0 Å². The number of nitrogens with one attached hydrogen (secondary N) is 1. The van der Waals surface area contributed by atoms with Crippen LogP contribution in [0.25, 0.3) is 0 Å². The minimum atomic E-state index is 0.0154. The van der Waals surface area contributed by atoms with Gasteiger partial charge in [0, 0.05) is 7.05 Å². The summed E-state index contributed by atoms with van der Waals surface area (Å²) >= 11 is 0. The molecule has 4 nitrogen and oxygen atoms in total. The maximum atomic E-state index is 5.89. The highest BCUT2D eigenvalue weighted by molar-refractivity contribution is 5.90. The predicted molar refractivity (Wildman–Crippen MR) is 94.3 cm³/mol. The number of anilines is 2. The summed E-state index contributed by atoms with van der Waals surface area (Å²) in [6.07, 6.45) is 0.0154. The Hall–Kier alpha value is -2.49. The molecule has 4 heteroatoms. The van der Waals surface area contributed by atoms with Crippen LogP contribution in [-0.2, 0) is 4.74 Å². The molecule has 3 unspecified atom stereocenters. The van der Waals surface area contributed by atoms with Crippen molar-refractivity contribution in [1.82, 2.24) is 0 Å². The van der Waals surface area contributed by atoms with Crippen molar-refractivity contribution < 1.29 is 4.74 Å². The minimum absolute atomic E-state index is 0.0154. The van der Waals surface area contributed by atoms with Crippen LogP contribution in [0.15, 0.2) is 59.6 Å². The van der Waals surface area contributed by atoms with Crippen LogP contribution in [0.4, 0.5) is 11.4 Å². The molecule has 3 atom stereocenters. The Morgan fingerprint density at radius 2 is 1.83 bits per heavy atom. The van der Waals surface area contributed by atoms with Crippen molar-refractivity contribution in [3.8, 4) is 0 Å². The maximum absolute atomic E-state index is 5.89. The van der Waals surface area contributed by atoms with E-state index in [9.17, 15) is 0 Å². The Morgan fingerprint density at radius 3 is 2.61 bits per heavy atom. The number of rotatable bonds is 2. The zero-order chi connectivity index (χ0) is 15.8. The molecule has 2 aromatic carbocycles. The molecule has 0 aromatic heterocycles. The number of nitrogens with zero attached hydrogens (tertiary/aromatic N) is 2. The summed E-state index contributed by atoms with van der Waals surface area (Å²) < 4.78 is 5.89. The summed E-state index contributed by atoms with van der Waals surface area (Å²) in [5.74, 6) is 0.980. The first-order chi connectivity index (χ1) is 11.3. The lowest BCUT2D eigenvalue weighted by Gasteiger charge is -2.40. The second-order valence-corrected chi connectivity index (χ2v) is 6.00. The summed E-state index contributed by atoms with van der Waals surface area (Å²) in [4.78, 5) is 7.19. The van der Waals surface area contributed by atoms with Crippen LogP contribution in [0.5, 0.6) is 0 Å². The fourth-order valence-corrected chi connectivity index (χ4v) is 3.67. The van der Waals surface area contributed by atoms with Crippen molar-refractivity contribution in [2.45, 2.75) is 25.0 Å². The highest BCUT2D eigenvalue weighted by Crippen LogP contribution is 2.42. The van der Waals surface area contributed by atoms with E-state index in [1.54, 1.807) is 0 Å². The Kier molecular flexibility index (Phi) is 3.45. The van der Waals surface area contributed by atoms with Crippen LogP contribution < -0.4 is 10.2 Å². The third kappa shape index (κ3) is 2.25. The molecule has 23 heavy (non-hydrogen) atoms. The molecular weight excluding hydrogens is 286 g/mol.